The van der Waals surface area contributed by atoms with Gasteiger partial charge in [0.25, 0.3) is 0 Å². The first kappa shape index (κ1) is 21.0. The molecule has 5 heteroatoms. The van der Waals surface area contributed by atoms with Gasteiger partial charge in [-0.1, -0.05) is 66.7 Å². The Kier molecular flexibility index (Phi) is 6.08. The number of fused-ring (bicyclic) bond motifs is 1. The number of rotatable bonds is 2. The number of nitrogens with two attached hydrogens (primary N) is 2. The number of nitrogen functional groups attached to an aromatic ring is 2. The third-order valence-electron chi connectivity index (χ3n) is 5.14. The van der Waals surface area contributed by atoms with Gasteiger partial charge < -0.3 is 11.5 Å². The topological polar surface area (TPSA) is 77.8 Å². The van der Waals surface area contributed by atoms with E-state index in [1.807, 2.05) is 91.9 Å². The Bertz CT molecular complexity index is 1350. The molecule has 4 nitrogen and oxygen atoms in total. The van der Waals surface area contributed by atoms with Gasteiger partial charge in [0.05, 0.1) is 11.1 Å². The van der Waals surface area contributed by atoms with Crippen LogP contribution in [0.1, 0.15) is 5.56 Å². The van der Waals surface area contributed by atoms with Gasteiger partial charge in [-0.2, -0.15) is 0 Å². The van der Waals surface area contributed by atoms with Crippen LogP contribution in [0.4, 0.5) is 15.9 Å². The molecule has 4 aromatic carbocycles. The highest BCUT2D eigenvalue weighted by molar-refractivity contribution is 5.89. The second-order valence-corrected chi connectivity index (χ2v) is 7.37. The Labute approximate surface area is 186 Å². The highest BCUT2D eigenvalue weighted by Crippen LogP contribution is 2.28. The fourth-order valence-corrected chi connectivity index (χ4v) is 3.31. The molecule has 1 aromatic heterocycles. The number of benzene rings is 4. The van der Waals surface area contributed by atoms with Gasteiger partial charge in [0.2, 0.25) is 0 Å². The van der Waals surface area contributed by atoms with Gasteiger partial charge in [-0.25, -0.2) is 14.4 Å². The zero-order valence-corrected chi connectivity index (χ0v) is 17.7. The Morgan fingerprint density at radius 3 is 2.06 bits per heavy atom. The van der Waals surface area contributed by atoms with Crippen LogP contribution in [0.15, 0.2) is 97.1 Å². The molecule has 0 fully saturated rings. The maximum atomic E-state index is 14.6. The number of hydrogen-bond donors (Lipinski definition) is 2. The van der Waals surface area contributed by atoms with E-state index in [2.05, 4.69) is 9.97 Å². The summed E-state index contributed by atoms with van der Waals surface area (Å²) in [7, 11) is 0. The molecular formula is C27H23FN4. The Morgan fingerprint density at radius 2 is 1.38 bits per heavy atom. The van der Waals surface area contributed by atoms with Gasteiger partial charge in [0.15, 0.2) is 5.82 Å². The van der Waals surface area contributed by atoms with Crippen molar-refractivity contribution in [3.8, 4) is 22.5 Å². The summed E-state index contributed by atoms with van der Waals surface area (Å²) in [6.45, 7) is 2.00. The first-order valence-corrected chi connectivity index (χ1v) is 10.2. The first-order valence-electron chi connectivity index (χ1n) is 10.2. The van der Waals surface area contributed by atoms with Crippen molar-refractivity contribution in [1.82, 2.24) is 9.97 Å². The van der Waals surface area contributed by atoms with Crippen molar-refractivity contribution in [1.29, 1.82) is 0 Å². The minimum Gasteiger partial charge on any atom is -0.399 e. The standard InChI is InChI=1S/C20H14FN3.C7H9N/c21-17-12-14(13-6-2-1-3-7-13)10-11-15(17)20-23-18-9-5-4-8-16(18)19(22)24-20;1-6-4-2-3-5-7(6)8/h1-12H,(H2,22,23,24);2-5H,8H2,1H3. The summed E-state index contributed by atoms with van der Waals surface area (Å²) in [5.74, 6) is 0.275. The van der Waals surface area contributed by atoms with Crippen molar-refractivity contribution in [3.05, 3.63) is 108 Å². The molecule has 5 aromatic rings. The van der Waals surface area contributed by atoms with Gasteiger partial charge in [-0.05, 0) is 53.9 Å². The van der Waals surface area contributed by atoms with Gasteiger partial charge in [0.1, 0.15) is 11.6 Å². The smallest absolute Gasteiger partial charge is 0.165 e. The molecule has 0 aliphatic carbocycles. The lowest BCUT2D eigenvalue weighted by atomic mass is 10.0. The molecule has 5 rings (SSSR count). The Morgan fingerprint density at radius 1 is 0.688 bits per heavy atom. The molecule has 158 valence electrons. The summed E-state index contributed by atoms with van der Waals surface area (Å²) in [5, 5.41) is 0.766. The van der Waals surface area contributed by atoms with Crippen LogP contribution in [-0.2, 0) is 0 Å². The normalized spacial score (nSPS) is 10.4. The van der Waals surface area contributed by atoms with Crippen LogP contribution in [-0.4, -0.2) is 9.97 Å². The second kappa shape index (κ2) is 9.27. The maximum Gasteiger partial charge on any atom is 0.165 e. The van der Waals surface area contributed by atoms with E-state index in [0.717, 1.165) is 27.8 Å². The third-order valence-corrected chi connectivity index (χ3v) is 5.14. The molecule has 4 N–H and O–H groups in total. The quantitative estimate of drug-likeness (QED) is 0.329. The molecule has 0 saturated carbocycles. The molecule has 0 atom stereocenters. The number of hydrogen-bond acceptors (Lipinski definition) is 4. The van der Waals surface area contributed by atoms with Gasteiger partial charge in [0, 0.05) is 11.1 Å². The highest BCUT2D eigenvalue weighted by Gasteiger charge is 2.12. The summed E-state index contributed by atoms with van der Waals surface area (Å²) in [6.07, 6.45) is 0. The van der Waals surface area contributed by atoms with E-state index in [-0.39, 0.29) is 5.82 Å². The third kappa shape index (κ3) is 4.57. The van der Waals surface area contributed by atoms with E-state index in [4.69, 9.17) is 11.5 Å². The number of nitrogens with zero attached hydrogens (tertiary/aromatic N) is 2. The average molecular weight is 423 g/mol. The Balaban J connectivity index is 0.000000260. The molecule has 0 spiro atoms. The summed E-state index contributed by atoms with van der Waals surface area (Å²) >= 11 is 0. The summed E-state index contributed by atoms with van der Waals surface area (Å²) < 4.78 is 14.6. The van der Waals surface area contributed by atoms with Gasteiger partial charge >= 0.3 is 0 Å². The van der Waals surface area contributed by atoms with Crippen LogP contribution in [0.3, 0.4) is 0 Å². The predicted octanol–water partition coefficient (Wildman–Crippen LogP) is 6.26. The lowest BCUT2D eigenvalue weighted by Crippen LogP contribution is -1.99. The van der Waals surface area contributed by atoms with Crippen LogP contribution in [0.25, 0.3) is 33.4 Å². The number of para-hydroxylation sites is 2. The minimum atomic E-state index is -0.369. The van der Waals surface area contributed by atoms with Crippen LogP contribution in [0, 0.1) is 12.7 Å². The van der Waals surface area contributed by atoms with Crippen molar-refractivity contribution in [3.63, 3.8) is 0 Å². The second-order valence-electron chi connectivity index (χ2n) is 7.37. The largest absolute Gasteiger partial charge is 0.399 e. The molecule has 0 unspecified atom stereocenters. The molecule has 32 heavy (non-hydrogen) atoms. The van der Waals surface area contributed by atoms with Crippen molar-refractivity contribution in [2.45, 2.75) is 6.92 Å². The zero-order chi connectivity index (χ0) is 22.5. The average Bonchev–Trinajstić information content (AvgIpc) is 2.82. The summed E-state index contributed by atoms with van der Waals surface area (Å²) in [4.78, 5) is 8.70. The zero-order valence-electron chi connectivity index (χ0n) is 17.7. The lowest BCUT2D eigenvalue weighted by molar-refractivity contribution is 0.630. The van der Waals surface area contributed by atoms with Crippen molar-refractivity contribution < 1.29 is 4.39 Å². The fourth-order valence-electron chi connectivity index (χ4n) is 3.31. The van der Waals surface area contributed by atoms with Crippen molar-refractivity contribution >= 4 is 22.4 Å². The van der Waals surface area contributed by atoms with E-state index in [1.165, 1.54) is 6.07 Å². The molecule has 0 aliphatic heterocycles. The molecule has 1 heterocycles. The van der Waals surface area contributed by atoms with Crippen LogP contribution in [0.2, 0.25) is 0 Å². The SMILES string of the molecule is Cc1ccccc1N.Nc1nc(-c2ccc(-c3ccccc3)cc2F)nc2ccccc12. The molecule has 0 amide bonds. The van der Waals surface area contributed by atoms with Crippen molar-refractivity contribution in [2.24, 2.45) is 0 Å². The predicted molar refractivity (Wildman–Crippen MR) is 130 cm³/mol. The Hall–Kier alpha value is -4.25. The van der Waals surface area contributed by atoms with E-state index >= 15 is 0 Å². The number of anilines is 2. The molecule has 0 aliphatic rings. The fraction of sp³-hybridized carbons (Fsp3) is 0.0370. The molecule has 0 saturated heterocycles. The van der Waals surface area contributed by atoms with Crippen LogP contribution in [0.5, 0.6) is 0 Å². The van der Waals surface area contributed by atoms with E-state index < -0.39 is 0 Å². The summed E-state index contributed by atoms with van der Waals surface area (Å²) in [5.41, 5.74) is 16.3. The van der Waals surface area contributed by atoms with Crippen LogP contribution >= 0.6 is 0 Å². The molecular weight excluding hydrogens is 399 g/mol. The lowest BCUT2D eigenvalue weighted by Gasteiger charge is -2.08. The molecule has 0 radical (unpaired) electrons. The molecule has 0 bridgehead atoms. The van der Waals surface area contributed by atoms with E-state index in [1.54, 1.807) is 6.07 Å². The maximum absolute atomic E-state index is 14.6. The van der Waals surface area contributed by atoms with E-state index in [9.17, 15) is 4.39 Å². The first-order chi connectivity index (χ1) is 15.5. The van der Waals surface area contributed by atoms with Gasteiger partial charge in [-0.3, -0.25) is 0 Å². The van der Waals surface area contributed by atoms with Gasteiger partial charge in [-0.15, -0.1) is 0 Å². The number of aromatic nitrogens is 2. The monoisotopic (exact) mass is 422 g/mol. The summed E-state index contributed by atoms with van der Waals surface area (Å²) in [6, 6.07) is 30.0. The number of aryl methyl sites for hydroxylation is 1. The number of halogens is 1. The van der Waals surface area contributed by atoms with Crippen LogP contribution < -0.4 is 11.5 Å². The van der Waals surface area contributed by atoms with E-state index in [0.29, 0.717) is 22.7 Å². The van der Waals surface area contributed by atoms with Crippen molar-refractivity contribution in [2.75, 3.05) is 11.5 Å². The highest BCUT2D eigenvalue weighted by atomic mass is 19.1. The minimum absolute atomic E-state index is 0.295.